The zero-order valence-corrected chi connectivity index (χ0v) is 8.76. The number of aryl methyl sites for hydroxylation is 2. The monoisotopic (exact) mass is 182 g/mol. The van der Waals surface area contributed by atoms with Gasteiger partial charge in [-0.3, -0.25) is 0 Å². The Morgan fingerprint density at radius 3 is 1.62 bits per heavy atom. The number of phenolic OH excluding ortho intramolecular Hbond substituents is 2. The summed E-state index contributed by atoms with van der Waals surface area (Å²) in [6.45, 7) is 7.75. The molecule has 0 aromatic heterocycles. The third-order valence-electron chi connectivity index (χ3n) is 1.48. The highest BCUT2D eigenvalue weighted by atomic mass is 16.3. The summed E-state index contributed by atoms with van der Waals surface area (Å²) in [7, 11) is 0. The first-order valence-electron chi connectivity index (χ1n) is 4.52. The average Bonchev–Trinajstić information content (AvgIpc) is 2.01. The van der Waals surface area contributed by atoms with Gasteiger partial charge >= 0.3 is 0 Å². The molecule has 0 heterocycles. The molecule has 0 saturated heterocycles. The fourth-order valence-corrected chi connectivity index (χ4v) is 0.933. The van der Waals surface area contributed by atoms with Gasteiger partial charge in [-0.15, -0.1) is 0 Å². The minimum atomic E-state index is 0.202. The highest BCUT2D eigenvalue weighted by molar-refractivity contribution is 5.44. The van der Waals surface area contributed by atoms with E-state index in [4.69, 9.17) is 5.11 Å². The van der Waals surface area contributed by atoms with Crippen LogP contribution < -0.4 is 0 Å². The second-order valence-electron chi connectivity index (χ2n) is 3.14. The molecule has 0 fully saturated rings. The second-order valence-corrected chi connectivity index (χ2v) is 3.14. The predicted octanol–water partition coefficient (Wildman–Crippen LogP) is 3.13. The molecule has 1 aromatic carbocycles. The molecule has 0 aliphatic carbocycles. The topological polar surface area (TPSA) is 40.5 Å². The second kappa shape index (κ2) is 5.46. The Kier molecular flexibility index (Phi) is 4.97. The molecule has 0 unspecified atom stereocenters. The van der Waals surface area contributed by atoms with Gasteiger partial charge in [0.25, 0.3) is 0 Å². The molecule has 0 spiro atoms. The molecule has 0 amide bonds. The molecule has 1 rings (SSSR count). The van der Waals surface area contributed by atoms with Crippen LogP contribution >= 0.6 is 0 Å². The van der Waals surface area contributed by atoms with Gasteiger partial charge in [-0.25, -0.2) is 0 Å². The summed E-state index contributed by atoms with van der Waals surface area (Å²) in [6.07, 6.45) is 1.25. The molecular weight excluding hydrogens is 164 g/mol. The predicted molar refractivity (Wildman–Crippen MR) is 55.2 cm³/mol. The van der Waals surface area contributed by atoms with E-state index in [0.29, 0.717) is 11.1 Å². The summed E-state index contributed by atoms with van der Waals surface area (Å²) in [4.78, 5) is 0. The van der Waals surface area contributed by atoms with E-state index in [0.717, 1.165) is 0 Å². The molecule has 2 heteroatoms. The summed E-state index contributed by atoms with van der Waals surface area (Å²) in [5.74, 6) is 0.464. The fraction of sp³-hybridized carbons (Fsp3) is 0.455. The van der Waals surface area contributed by atoms with E-state index >= 15 is 0 Å². The van der Waals surface area contributed by atoms with Gasteiger partial charge in [-0.1, -0.05) is 20.3 Å². The third-order valence-corrected chi connectivity index (χ3v) is 1.48. The highest BCUT2D eigenvalue weighted by Gasteiger charge is 2.00. The molecule has 2 N–H and O–H groups in total. The smallest absolute Gasteiger partial charge is 0.121 e. The summed E-state index contributed by atoms with van der Waals surface area (Å²) in [5, 5.41) is 18.2. The van der Waals surface area contributed by atoms with E-state index in [2.05, 4.69) is 13.8 Å². The largest absolute Gasteiger partial charge is 0.508 e. The van der Waals surface area contributed by atoms with Crippen molar-refractivity contribution in [2.75, 3.05) is 0 Å². The Morgan fingerprint density at radius 2 is 1.31 bits per heavy atom. The van der Waals surface area contributed by atoms with Crippen molar-refractivity contribution in [3.8, 4) is 11.5 Å². The summed E-state index contributed by atoms with van der Waals surface area (Å²) < 4.78 is 0. The number of phenols is 2. The van der Waals surface area contributed by atoms with E-state index in [9.17, 15) is 5.11 Å². The number of benzene rings is 1. The van der Waals surface area contributed by atoms with Crippen LogP contribution in [0, 0.1) is 13.8 Å². The first-order chi connectivity index (χ1) is 6.02. The van der Waals surface area contributed by atoms with E-state index in [1.54, 1.807) is 13.8 Å². The van der Waals surface area contributed by atoms with Crippen molar-refractivity contribution in [1.82, 2.24) is 0 Å². The van der Waals surface area contributed by atoms with Gasteiger partial charge in [0.05, 0.1) is 0 Å². The lowest BCUT2D eigenvalue weighted by Gasteiger charge is -2.02. The van der Waals surface area contributed by atoms with Crippen molar-refractivity contribution >= 4 is 0 Å². The zero-order chi connectivity index (χ0) is 10.4. The first-order valence-corrected chi connectivity index (χ1v) is 4.52. The number of hydrogen-bond donors (Lipinski definition) is 2. The minimum Gasteiger partial charge on any atom is -0.508 e. The Balaban J connectivity index is 0.000000424. The first kappa shape index (κ1) is 11.8. The van der Waals surface area contributed by atoms with Crippen molar-refractivity contribution in [3.63, 3.8) is 0 Å². The van der Waals surface area contributed by atoms with E-state index < -0.39 is 0 Å². The molecule has 0 aliphatic rings. The Labute approximate surface area is 79.9 Å². The molecule has 2 nitrogen and oxygen atoms in total. The van der Waals surface area contributed by atoms with Crippen molar-refractivity contribution in [2.24, 2.45) is 0 Å². The molecule has 74 valence electrons. The maximum atomic E-state index is 9.22. The Hall–Kier alpha value is -1.18. The molecule has 0 saturated carbocycles. The third kappa shape index (κ3) is 3.83. The number of hydrogen-bond acceptors (Lipinski definition) is 2. The van der Waals surface area contributed by atoms with Crippen molar-refractivity contribution in [3.05, 3.63) is 23.3 Å². The molecular formula is C11H18O2. The molecule has 1 aromatic rings. The van der Waals surface area contributed by atoms with Crippen LogP contribution in [0.15, 0.2) is 12.1 Å². The van der Waals surface area contributed by atoms with Gasteiger partial charge in [-0.05, 0) is 37.1 Å². The van der Waals surface area contributed by atoms with E-state index in [1.807, 2.05) is 0 Å². The lowest BCUT2D eigenvalue weighted by molar-refractivity contribution is 0.453. The van der Waals surface area contributed by atoms with Crippen LogP contribution in [0.5, 0.6) is 11.5 Å². The van der Waals surface area contributed by atoms with E-state index in [1.165, 1.54) is 18.6 Å². The van der Waals surface area contributed by atoms with Crippen molar-refractivity contribution in [2.45, 2.75) is 34.1 Å². The van der Waals surface area contributed by atoms with Gasteiger partial charge in [-0.2, -0.15) is 0 Å². The lowest BCUT2D eigenvalue weighted by atomic mass is 10.1. The Morgan fingerprint density at radius 1 is 1.00 bits per heavy atom. The van der Waals surface area contributed by atoms with Crippen LogP contribution in [0.25, 0.3) is 0 Å². The standard InChI is InChI=1S/C8H10O2.C3H8/c1-5-3-7(9)4-6(2)8(5)10;1-3-2/h3-4,9-10H,1-2H3;3H2,1-2H3. The molecule has 0 radical (unpaired) electrons. The lowest BCUT2D eigenvalue weighted by Crippen LogP contribution is -1.78. The normalized spacial score (nSPS) is 8.92. The minimum absolute atomic E-state index is 0.202. The van der Waals surface area contributed by atoms with E-state index in [-0.39, 0.29) is 11.5 Å². The maximum Gasteiger partial charge on any atom is 0.121 e. The zero-order valence-electron chi connectivity index (χ0n) is 8.76. The SMILES string of the molecule is CCC.Cc1cc(O)cc(C)c1O. The van der Waals surface area contributed by atoms with Gasteiger partial charge in [0.1, 0.15) is 11.5 Å². The molecule has 13 heavy (non-hydrogen) atoms. The number of aromatic hydroxyl groups is 2. The van der Waals surface area contributed by atoms with Crippen LogP contribution in [0.4, 0.5) is 0 Å². The van der Waals surface area contributed by atoms with Crippen LogP contribution in [-0.2, 0) is 0 Å². The number of rotatable bonds is 0. The van der Waals surface area contributed by atoms with Crippen LogP contribution in [-0.4, -0.2) is 10.2 Å². The fourth-order valence-electron chi connectivity index (χ4n) is 0.933. The van der Waals surface area contributed by atoms with Crippen LogP contribution in [0.3, 0.4) is 0 Å². The van der Waals surface area contributed by atoms with Gasteiger partial charge in [0.2, 0.25) is 0 Å². The summed E-state index contributed by atoms with van der Waals surface area (Å²) in [5.41, 5.74) is 1.41. The van der Waals surface area contributed by atoms with Gasteiger partial charge in [0, 0.05) is 0 Å². The molecule has 0 bridgehead atoms. The highest BCUT2D eigenvalue weighted by Crippen LogP contribution is 2.25. The van der Waals surface area contributed by atoms with Crippen LogP contribution in [0.2, 0.25) is 0 Å². The average molecular weight is 182 g/mol. The summed E-state index contributed by atoms with van der Waals surface area (Å²) in [6, 6.07) is 3.06. The van der Waals surface area contributed by atoms with Crippen molar-refractivity contribution < 1.29 is 10.2 Å². The molecule has 0 atom stereocenters. The van der Waals surface area contributed by atoms with Gasteiger partial charge in [0.15, 0.2) is 0 Å². The molecule has 0 aliphatic heterocycles. The maximum absolute atomic E-state index is 9.22. The van der Waals surface area contributed by atoms with Crippen molar-refractivity contribution in [1.29, 1.82) is 0 Å². The quantitative estimate of drug-likeness (QED) is 0.605. The van der Waals surface area contributed by atoms with Crippen LogP contribution in [0.1, 0.15) is 31.4 Å². The Bertz CT molecular complexity index is 244. The van der Waals surface area contributed by atoms with Gasteiger partial charge < -0.3 is 10.2 Å². The summed E-state index contributed by atoms with van der Waals surface area (Å²) >= 11 is 0.